The number of aromatic nitrogens is 1. The average molecular weight is 739 g/mol. The van der Waals surface area contributed by atoms with Gasteiger partial charge in [-0.1, -0.05) is 47.2 Å². The lowest BCUT2D eigenvalue weighted by Crippen LogP contribution is -2.39. The normalized spacial score (nSPS) is 15.5. The standard InChI is InChI=1S/C34H31IN2O7S/c1-5-40-27-15-22(13-24(35)31(27)42-17-21-9-12-25-26(14-21)44-18-43-25)16-28-32(38)37-30(23-10-7-19(3)8-11-23)29(33(39)41-6-2)20(4)36-34(37)45-28/h7-16,30H,5-6,17-18H2,1-4H3/b28-16+/t30-/m1/s1. The number of nitrogens with zero attached hydrogens (tertiary/aromatic N) is 2. The van der Waals surface area contributed by atoms with Crippen molar-refractivity contribution in [2.45, 2.75) is 40.3 Å². The molecule has 0 radical (unpaired) electrons. The highest BCUT2D eigenvalue weighted by atomic mass is 127. The molecule has 232 valence electrons. The molecule has 1 atom stereocenters. The zero-order valence-electron chi connectivity index (χ0n) is 25.2. The summed E-state index contributed by atoms with van der Waals surface area (Å²) in [6.07, 6.45) is 1.83. The molecule has 1 aromatic heterocycles. The lowest BCUT2D eigenvalue weighted by Gasteiger charge is -2.24. The number of hydrogen-bond acceptors (Lipinski definition) is 9. The maximum atomic E-state index is 14.0. The highest BCUT2D eigenvalue weighted by Crippen LogP contribution is 2.37. The molecule has 0 bridgehead atoms. The molecule has 0 amide bonds. The Balaban J connectivity index is 1.38. The van der Waals surface area contributed by atoms with Crippen molar-refractivity contribution in [2.24, 2.45) is 4.99 Å². The van der Waals surface area contributed by atoms with Crippen LogP contribution in [0.15, 0.2) is 75.7 Å². The predicted octanol–water partition coefficient (Wildman–Crippen LogP) is 5.42. The SMILES string of the molecule is CCOC(=O)C1=C(C)N=c2s/c(=C/c3cc(I)c(OCc4ccc5c(c4)OCO5)c(OCC)c3)c(=O)n2[C@@H]1c1ccc(C)cc1. The molecule has 3 aromatic carbocycles. The Morgan fingerprint density at radius 2 is 1.82 bits per heavy atom. The van der Waals surface area contributed by atoms with Crippen LogP contribution < -0.4 is 33.8 Å². The fraction of sp³-hybridized carbons (Fsp3) is 0.265. The molecule has 6 rings (SSSR count). The Kier molecular flexibility index (Phi) is 8.99. The van der Waals surface area contributed by atoms with Crippen molar-refractivity contribution in [3.05, 3.63) is 111 Å². The minimum absolute atomic E-state index is 0.212. The summed E-state index contributed by atoms with van der Waals surface area (Å²) in [4.78, 5) is 32.4. The number of ether oxygens (including phenoxy) is 5. The topological polar surface area (TPSA) is 97.6 Å². The number of rotatable bonds is 9. The van der Waals surface area contributed by atoms with Gasteiger partial charge in [-0.3, -0.25) is 9.36 Å². The lowest BCUT2D eigenvalue weighted by molar-refractivity contribution is -0.139. The third-order valence-corrected chi connectivity index (χ3v) is 9.14. The monoisotopic (exact) mass is 738 g/mol. The van der Waals surface area contributed by atoms with Gasteiger partial charge >= 0.3 is 5.97 Å². The number of allylic oxidation sites excluding steroid dienone is 1. The van der Waals surface area contributed by atoms with Crippen molar-refractivity contribution >= 4 is 46.0 Å². The van der Waals surface area contributed by atoms with Gasteiger partial charge in [-0.2, -0.15) is 0 Å². The Bertz CT molecular complexity index is 2000. The van der Waals surface area contributed by atoms with Crippen LogP contribution >= 0.6 is 33.9 Å². The van der Waals surface area contributed by atoms with E-state index in [-0.39, 0.29) is 19.0 Å². The van der Waals surface area contributed by atoms with Crippen LogP contribution in [0.5, 0.6) is 23.0 Å². The molecule has 4 aromatic rings. The Hall–Kier alpha value is -4.10. The molecular weight excluding hydrogens is 707 g/mol. The third-order valence-electron chi connectivity index (χ3n) is 7.36. The zero-order valence-corrected chi connectivity index (χ0v) is 28.2. The summed E-state index contributed by atoms with van der Waals surface area (Å²) < 4.78 is 31.4. The molecule has 0 unspecified atom stereocenters. The first-order valence-electron chi connectivity index (χ1n) is 14.5. The van der Waals surface area contributed by atoms with Crippen LogP contribution in [0.25, 0.3) is 6.08 Å². The van der Waals surface area contributed by atoms with Gasteiger partial charge in [0.1, 0.15) is 6.61 Å². The van der Waals surface area contributed by atoms with E-state index in [0.717, 1.165) is 31.6 Å². The van der Waals surface area contributed by atoms with Crippen LogP contribution in [0.2, 0.25) is 0 Å². The number of thiazole rings is 1. The van der Waals surface area contributed by atoms with Gasteiger partial charge in [0.05, 0.1) is 38.6 Å². The van der Waals surface area contributed by atoms with Gasteiger partial charge < -0.3 is 23.7 Å². The summed E-state index contributed by atoms with van der Waals surface area (Å²) in [6, 6.07) is 16.7. The van der Waals surface area contributed by atoms with E-state index >= 15 is 0 Å². The predicted molar refractivity (Wildman–Crippen MR) is 179 cm³/mol. The van der Waals surface area contributed by atoms with Gasteiger partial charge in [-0.05, 0) is 97.3 Å². The highest BCUT2D eigenvalue weighted by molar-refractivity contribution is 14.1. The van der Waals surface area contributed by atoms with E-state index in [0.29, 0.717) is 51.1 Å². The molecule has 3 heterocycles. The highest BCUT2D eigenvalue weighted by Gasteiger charge is 2.33. The molecule has 0 aliphatic carbocycles. The number of aryl methyl sites for hydroxylation is 1. The Morgan fingerprint density at radius 1 is 1.04 bits per heavy atom. The number of halogens is 1. The van der Waals surface area contributed by atoms with Crippen LogP contribution in [-0.2, 0) is 16.1 Å². The number of carbonyl (C=O) groups is 1. The van der Waals surface area contributed by atoms with Crippen LogP contribution in [0.4, 0.5) is 0 Å². The molecule has 2 aliphatic heterocycles. The van der Waals surface area contributed by atoms with Crippen LogP contribution in [0.3, 0.4) is 0 Å². The molecule has 0 spiro atoms. The van der Waals surface area contributed by atoms with E-state index in [2.05, 4.69) is 27.6 Å². The first kappa shape index (κ1) is 30.9. The number of fused-ring (bicyclic) bond motifs is 2. The molecule has 0 N–H and O–H groups in total. The van der Waals surface area contributed by atoms with Crippen molar-refractivity contribution < 1.29 is 28.5 Å². The van der Waals surface area contributed by atoms with Gasteiger partial charge in [-0.25, -0.2) is 9.79 Å². The van der Waals surface area contributed by atoms with Gasteiger partial charge in [-0.15, -0.1) is 0 Å². The molecule has 45 heavy (non-hydrogen) atoms. The number of carbonyl (C=O) groups excluding carboxylic acids is 1. The largest absolute Gasteiger partial charge is 0.490 e. The van der Waals surface area contributed by atoms with Crippen molar-refractivity contribution in [3.8, 4) is 23.0 Å². The fourth-order valence-corrected chi connectivity index (χ4v) is 7.10. The molecule has 0 saturated heterocycles. The van der Waals surface area contributed by atoms with E-state index in [1.165, 1.54) is 11.3 Å². The maximum Gasteiger partial charge on any atom is 0.338 e. The van der Waals surface area contributed by atoms with E-state index in [1.54, 1.807) is 18.4 Å². The minimum atomic E-state index is -0.658. The van der Waals surface area contributed by atoms with Crippen LogP contribution in [0, 0.1) is 10.5 Å². The first-order valence-corrected chi connectivity index (χ1v) is 16.4. The Labute approximate surface area is 277 Å². The quantitative estimate of drug-likeness (QED) is 0.167. The van der Waals surface area contributed by atoms with E-state index in [9.17, 15) is 9.59 Å². The van der Waals surface area contributed by atoms with Crippen molar-refractivity contribution in [2.75, 3.05) is 20.0 Å². The molecule has 0 fully saturated rings. The smallest absolute Gasteiger partial charge is 0.338 e. The fourth-order valence-electron chi connectivity index (χ4n) is 5.27. The summed E-state index contributed by atoms with van der Waals surface area (Å²) in [7, 11) is 0. The maximum absolute atomic E-state index is 14.0. The van der Waals surface area contributed by atoms with Crippen LogP contribution in [-0.4, -0.2) is 30.5 Å². The molecule has 9 nitrogen and oxygen atoms in total. The summed E-state index contributed by atoms with van der Waals surface area (Å²) in [6.45, 7) is 8.63. The summed E-state index contributed by atoms with van der Waals surface area (Å²) >= 11 is 3.50. The van der Waals surface area contributed by atoms with Gasteiger partial charge in [0.25, 0.3) is 5.56 Å². The molecule has 11 heteroatoms. The lowest BCUT2D eigenvalue weighted by atomic mass is 9.95. The summed E-state index contributed by atoms with van der Waals surface area (Å²) in [5.41, 5.74) is 4.24. The minimum Gasteiger partial charge on any atom is -0.490 e. The number of hydrogen-bond donors (Lipinski definition) is 0. The average Bonchev–Trinajstić information content (AvgIpc) is 3.60. The van der Waals surface area contributed by atoms with Crippen LogP contribution in [0.1, 0.15) is 49.1 Å². The van der Waals surface area contributed by atoms with Gasteiger partial charge in [0, 0.05) is 0 Å². The first-order chi connectivity index (χ1) is 21.8. The van der Waals surface area contributed by atoms with Gasteiger partial charge in [0.2, 0.25) is 6.79 Å². The molecule has 2 aliphatic rings. The summed E-state index contributed by atoms with van der Waals surface area (Å²) in [5.74, 6) is 2.12. The molecular formula is C34H31IN2O7S. The zero-order chi connectivity index (χ0) is 31.7. The number of benzene rings is 3. The van der Waals surface area contributed by atoms with E-state index < -0.39 is 12.0 Å². The van der Waals surface area contributed by atoms with Crippen molar-refractivity contribution in [1.29, 1.82) is 0 Å². The summed E-state index contributed by atoms with van der Waals surface area (Å²) in [5, 5.41) is 0. The van der Waals surface area contributed by atoms with E-state index in [1.807, 2.05) is 74.5 Å². The van der Waals surface area contributed by atoms with Crippen molar-refractivity contribution in [1.82, 2.24) is 4.57 Å². The van der Waals surface area contributed by atoms with Gasteiger partial charge in [0.15, 0.2) is 27.8 Å². The van der Waals surface area contributed by atoms with Crippen molar-refractivity contribution in [3.63, 3.8) is 0 Å². The third kappa shape index (κ3) is 6.23. The second kappa shape index (κ2) is 13.1. The Morgan fingerprint density at radius 3 is 2.58 bits per heavy atom. The second-order valence-electron chi connectivity index (χ2n) is 10.5. The van der Waals surface area contributed by atoms with E-state index in [4.69, 9.17) is 23.7 Å². The second-order valence-corrected chi connectivity index (χ2v) is 12.6. The molecule has 0 saturated carbocycles. The number of esters is 1.